The third-order valence-corrected chi connectivity index (χ3v) is 4.95. The minimum absolute atomic E-state index is 0.0669. The molecule has 2 N–H and O–H groups in total. The van der Waals surface area contributed by atoms with Crippen LogP contribution in [0.5, 0.6) is 0 Å². The molecule has 2 aromatic rings. The molecule has 0 atom stereocenters. The highest BCUT2D eigenvalue weighted by atomic mass is 32.2. The lowest BCUT2D eigenvalue weighted by Gasteiger charge is -2.09. The third-order valence-electron chi connectivity index (χ3n) is 3.55. The van der Waals surface area contributed by atoms with Crippen LogP contribution in [-0.2, 0) is 21.2 Å². The summed E-state index contributed by atoms with van der Waals surface area (Å²) in [6.45, 7) is 1.42. The first-order valence-corrected chi connectivity index (χ1v) is 8.40. The maximum absolute atomic E-state index is 12.4. The van der Waals surface area contributed by atoms with Crippen LogP contribution in [0, 0.1) is 0 Å². The number of rotatable bonds is 4. The number of amides is 1. The number of hydrogen-bond donors (Lipinski definition) is 2. The smallest absolute Gasteiger partial charge is 0.261 e. The van der Waals surface area contributed by atoms with Gasteiger partial charge in [-0.25, -0.2) is 8.42 Å². The quantitative estimate of drug-likeness (QED) is 0.841. The second kappa shape index (κ2) is 5.51. The Morgan fingerprint density at radius 2 is 1.83 bits per heavy atom. The van der Waals surface area contributed by atoms with Crippen molar-refractivity contribution in [1.82, 2.24) is 0 Å². The normalized spacial score (nSPS) is 13.3. The minimum atomic E-state index is -3.75. The number of carbonyl (C=O) groups excluding carboxylic acids is 2. The molecule has 7 heteroatoms. The SMILES string of the molecule is CC(=O)c1ccc(S(=O)(=O)Nc2ccc3c(c2)CC(=O)N3)cc1. The van der Waals surface area contributed by atoms with E-state index in [9.17, 15) is 18.0 Å². The summed E-state index contributed by atoms with van der Waals surface area (Å²) in [5.74, 6) is -0.238. The van der Waals surface area contributed by atoms with E-state index in [1.807, 2.05) is 0 Å². The van der Waals surface area contributed by atoms with E-state index in [2.05, 4.69) is 10.0 Å². The Labute approximate surface area is 133 Å². The number of benzene rings is 2. The number of fused-ring (bicyclic) bond motifs is 1. The number of sulfonamides is 1. The average Bonchev–Trinajstić information content (AvgIpc) is 2.86. The molecule has 0 aliphatic carbocycles. The molecule has 0 saturated heterocycles. The van der Waals surface area contributed by atoms with Gasteiger partial charge in [-0.05, 0) is 42.8 Å². The maximum Gasteiger partial charge on any atom is 0.261 e. The van der Waals surface area contributed by atoms with E-state index in [4.69, 9.17) is 0 Å². The van der Waals surface area contributed by atoms with E-state index < -0.39 is 10.0 Å². The Morgan fingerprint density at radius 3 is 2.48 bits per heavy atom. The summed E-state index contributed by atoms with van der Waals surface area (Å²) in [5.41, 5.74) is 2.29. The lowest BCUT2D eigenvalue weighted by Crippen LogP contribution is -2.13. The lowest BCUT2D eigenvalue weighted by molar-refractivity contribution is -0.115. The van der Waals surface area contributed by atoms with Gasteiger partial charge in [-0.2, -0.15) is 0 Å². The van der Waals surface area contributed by atoms with Gasteiger partial charge in [-0.15, -0.1) is 0 Å². The summed E-state index contributed by atoms with van der Waals surface area (Å²) >= 11 is 0. The van der Waals surface area contributed by atoms with Gasteiger partial charge in [0.15, 0.2) is 5.78 Å². The molecule has 0 spiro atoms. The van der Waals surface area contributed by atoms with Crippen molar-refractivity contribution in [1.29, 1.82) is 0 Å². The largest absolute Gasteiger partial charge is 0.326 e. The molecule has 0 radical (unpaired) electrons. The van der Waals surface area contributed by atoms with Crippen LogP contribution in [0.4, 0.5) is 11.4 Å². The van der Waals surface area contributed by atoms with E-state index in [1.165, 1.54) is 31.2 Å². The molecule has 23 heavy (non-hydrogen) atoms. The van der Waals surface area contributed by atoms with Crippen molar-refractivity contribution in [2.24, 2.45) is 0 Å². The number of nitrogens with one attached hydrogen (secondary N) is 2. The zero-order chi connectivity index (χ0) is 16.6. The van der Waals surface area contributed by atoms with Crippen molar-refractivity contribution in [2.75, 3.05) is 10.0 Å². The molecule has 1 aliphatic rings. The number of anilines is 2. The van der Waals surface area contributed by atoms with Crippen LogP contribution in [0.15, 0.2) is 47.4 Å². The van der Waals surface area contributed by atoms with Crippen molar-refractivity contribution < 1.29 is 18.0 Å². The molecular formula is C16H14N2O4S. The zero-order valence-corrected chi connectivity index (χ0v) is 13.1. The van der Waals surface area contributed by atoms with Gasteiger partial charge >= 0.3 is 0 Å². The van der Waals surface area contributed by atoms with E-state index in [1.54, 1.807) is 18.2 Å². The van der Waals surface area contributed by atoms with Crippen molar-refractivity contribution in [2.45, 2.75) is 18.2 Å². The molecule has 3 rings (SSSR count). The molecule has 0 aromatic heterocycles. The van der Waals surface area contributed by atoms with Gasteiger partial charge < -0.3 is 5.32 Å². The highest BCUT2D eigenvalue weighted by Crippen LogP contribution is 2.27. The Hall–Kier alpha value is -2.67. The summed E-state index contributed by atoms with van der Waals surface area (Å²) in [4.78, 5) is 22.6. The molecule has 0 saturated carbocycles. The first kappa shape index (κ1) is 15.2. The van der Waals surface area contributed by atoms with Crippen molar-refractivity contribution in [3.8, 4) is 0 Å². The monoisotopic (exact) mass is 330 g/mol. The van der Waals surface area contributed by atoms with Crippen molar-refractivity contribution >= 4 is 33.1 Å². The fourth-order valence-electron chi connectivity index (χ4n) is 2.38. The molecule has 1 aliphatic heterocycles. The van der Waals surface area contributed by atoms with Gasteiger partial charge in [-0.3, -0.25) is 14.3 Å². The zero-order valence-electron chi connectivity index (χ0n) is 12.3. The van der Waals surface area contributed by atoms with Gasteiger partial charge in [0.1, 0.15) is 0 Å². The first-order chi connectivity index (χ1) is 10.8. The lowest BCUT2D eigenvalue weighted by atomic mass is 10.1. The Kier molecular flexibility index (Phi) is 3.65. The van der Waals surface area contributed by atoms with Gasteiger partial charge in [0.25, 0.3) is 10.0 Å². The molecule has 2 aromatic carbocycles. The Balaban J connectivity index is 1.85. The second-order valence-electron chi connectivity index (χ2n) is 5.28. The standard InChI is InChI=1S/C16H14N2O4S/c1-10(19)11-2-5-14(6-3-11)23(21,22)18-13-4-7-15-12(8-13)9-16(20)17-15/h2-8,18H,9H2,1H3,(H,17,20). The average molecular weight is 330 g/mol. The molecule has 0 bridgehead atoms. The van der Waals surface area contributed by atoms with Crippen LogP contribution in [0.3, 0.4) is 0 Å². The number of ketones is 1. The van der Waals surface area contributed by atoms with Crippen molar-refractivity contribution in [3.05, 3.63) is 53.6 Å². The molecule has 6 nitrogen and oxygen atoms in total. The third kappa shape index (κ3) is 3.09. The molecule has 0 fully saturated rings. The summed E-state index contributed by atoms with van der Waals surface area (Å²) in [6, 6.07) is 10.6. The van der Waals surface area contributed by atoms with Gasteiger partial charge in [-0.1, -0.05) is 12.1 Å². The molecular weight excluding hydrogens is 316 g/mol. The summed E-state index contributed by atoms with van der Waals surface area (Å²) in [7, 11) is -3.75. The first-order valence-electron chi connectivity index (χ1n) is 6.92. The van der Waals surface area contributed by atoms with E-state index in [0.29, 0.717) is 16.9 Å². The van der Waals surface area contributed by atoms with Crippen LogP contribution in [0.2, 0.25) is 0 Å². The molecule has 1 amide bonds. The van der Waals surface area contributed by atoms with Crippen molar-refractivity contribution in [3.63, 3.8) is 0 Å². The maximum atomic E-state index is 12.4. The number of hydrogen-bond acceptors (Lipinski definition) is 4. The van der Waals surface area contributed by atoms with E-state index >= 15 is 0 Å². The summed E-state index contributed by atoms with van der Waals surface area (Å²) in [5, 5.41) is 2.69. The van der Waals surface area contributed by atoms with Crippen LogP contribution in [0.25, 0.3) is 0 Å². The fraction of sp³-hybridized carbons (Fsp3) is 0.125. The van der Waals surface area contributed by atoms with Crippen LogP contribution >= 0.6 is 0 Å². The predicted molar refractivity (Wildman–Crippen MR) is 86.0 cm³/mol. The van der Waals surface area contributed by atoms with E-state index in [-0.39, 0.29) is 23.0 Å². The van der Waals surface area contributed by atoms with Gasteiger partial charge in [0, 0.05) is 16.9 Å². The van der Waals surface area contributed by atoms with Crippen LogP contribution in [-0.4, -0.2) is 20.1 Å². The minimum Gasteiger partial charge on any atom is -0.326 e. The summed E-state index contributed by atoms with van der Waals surface area (Å²) < 4.78 is 27.2. The predicted octanol–water partition coefficient (Wildman–Crippen LogP) is 2.18. The van der Waals surface area contributed by atoms with Gasteiger partial charge in [0.05, 0.1) is 11.3 Å². The van der Waals surface area contributed by atoms with Gasteiger partial charge in [0.2, 0.25) is 5.91 Å². The molecule has 0 unspecified atom stereocenters. The summed E-state index contributed by atoms with van der Waals surface area (Å²) in [6.07, 6.45) is 0.234. The fourth-order valence-corrected chi connectivity index (χ4v) is 3.43. The highest BCUT2D eigenvalue weighted by molar-refractivity contribution is 7.92. The van der Waals surface area contributed by atoms with Crippen LogP contribution in [0.1, 0.15) is 22.8 Å². The topological polar surface area (TPSA) is 92.3 Å². The van der Waals surface area contributed by atoms with E-state index in [0.717, 1.165) is 5.56 Å². The highest BCUT2D eigenvalue weighted by Gasteiger charge is 2.20. The number of carbonyl (C=O) groups is 2. The molecule has 1 heterocycles. The molecule has 118 valence electrons. The van der Waals surface area contributed by atoms with Crippen LogP contribution < -0.4 is 10.0 Å². The Bertz CT molecular complexity index is 902. The Morgan fingerprint density at radius 1 is 1.13 bits per heavy atom. The second-order valence-corrected chi connectivity index (χ2v) is 6.97. The number of Topliss-reactive ketones (excluding diaryl/α,β-unsaturated/α-hetero) is 1.